The van der Waals surface area contributed by atoms with Crippen molar-refractivity contribution in [1.82, 2.24) is 20.2 Å². The Kier molecular flexibility index (Phi) is 3.46. The number of rotatable bonds is 3. The van der Waals surface area contributed by atoms with Crippen molar-refractivity contribution < 1.29 is 4.39 Å². The van der Waals surface area contributed by atoms with E-state index in [1.165, 1.54) is 35.4 Å². The Morgan fingerprint density at radius 2 is 2.16 bits per heavy atom. The molecule has 92 valence electrons. The van der Waals surface area contributed by atoms with E-state index in [0.29, 0.717) is 11.4 Å². The molecule has 0 fully saturated rings. The fraction of sp³-hybridized carbons (Fsp3) is 0. The number of hydrogen-bond acceptors (Lipinski definition) is 6. The molecule has 0 radical (unpaired) electrons. The number of aromatic nitrogens is 4. The van der Waals surface area contributed by atoms with Crippen LogP contribution < -0.4 is 5.32 Å². The Morgan fingerprint density at radius 1 is 1.37 bits per heavy atom. The summed E-state index contributed by atoms with van der Waals surface area (Å²) in [6.07, 6.45) is 2.53. The standard InChI is InChI=1S/C11H6FN7/c12-9-1-2-11(19-7-16-17-18-19)10(3-9)15-6-8(4-13)5-14/h1-3,6-7,15H. The fourth-order valence-corrected chi connectivity index (χ4v) is 1.33. The third-order valence-electron chi connectivity index (χ3n) is 2.17. The zero-order valence-corrected chi connectivity index (χ0v) is 9.45. The molecule has 2 aromatic rings. The lowest BCUT2D eigenvalue weighted by Gasteiger charge is -2.08. The number of benzene rings is 1. The number of tetrazole rings is 1. The third kappa shape index (κ3) is 2.70. The van der Waals surface area contributed by atoms with Crippen molar-refractivity contribution in [1.29, 1.82) is 10.5 Å². The van der Waals surface area contributed by atoms with E-state index in [2.05, 4.69) is 20.8 Å². The van der Waals surface area contributed by atoms with E-state index in [9.17, 15) is 4.39 Å². The highest BCUT2D eigenvalue weighted by molar-refractivity contribution is 5.63. The first-order valence-electron chi connectivity index (χ1n) is 5.04. The van der Waals surface area contributed by atoms with E-state index in [-0.39, 0.29) is 5.57 Å². The smallest absolute Gasteiger partial charge is 0.145 e. The number of nitrogens with zero attached hydrogens (tertiary/aromatic N) is 6. The predicted octanol–water partition coefficient (Wildman–Crippen LogP) is 1.14. The minimum atomic E-state index is -0.469. The van der Waals surface area contributed by atoms with Gasteiger partial charge in [0.2, 0.25) is 0 Å². The maximum absolute atomic E-state index is 13.2. The van der Waals surface area contributed by atoms with Crippen LogP contribution >= 0.6 is 0 Å². The Bertz CT molecular complexity index is 675. The van der Waals surface area contributed by atoms with Gasteiger partial charge in [-0.1, -0.05) is 0 Å². The largest absolute Gasteiger partial charge is 0.358 e. The van der Waals surface area contributed by atoms with Crippen LogP contribution in [0.1, 0.15) is 0 Å². The second-order valence-electron chi connectivity index (χ2n) is 3.34. The first-order chi connectivity index (χ1) is 9.24. The fourth-order valence-electron chi connectivity index (χ4n) is 1.33. The van der Waals surface area contributed by atoms with Crippen molar-refractivity contribution >= 4 is 5.69 Å². The summed E-state index contributed by atoms with van der Waals surface area (Å²) in [6, 6.07) is 7.31. The van der Waals surface area contributed by atoms with Gasteiger partial charge in [-0.2, -0.15) is 15.2 Å². The summed E-state index contributed by atoms with van der Waals surface area (Å²) < 4.78 is 14.6. The first kappa shape index (κ1) is 12.2. The van der Waals surface area contributed by atoms with Gasteiger partial charge in [-0.05, 0) is 28.6 Å². The summed E-state index contributed by atoms with van der Waals surface area (Å²) in [6.45, 7) is 0. The molecule has 0 atom stereocenters. The summed E-state index contributed by atoms with van der Waals surface area (Å²) in [5.41, 5.74) is 0.681. The van der Waals surface area contributed by atoms with Crippen molar-refractivity contribution in [2.75, 3.05) is 5.32 Å². The topological polar surface area (TPSA) is 103 Å². The van der Waals surface area contributed by atoms with Gasteiger partial charge in [0.25, 0.3) is 0 Å². The van der Waals surface area contributed by atoms with Crippen LogP contribution in [0.5, 0.6) is 0 Å². The number of allylic oxidation sites excluding steroid dienone is 1. The minimum Gasteiger partial charge on any atom is -0.358 e. The lowest BCUT2D eigenvalue weighted by Crippen LogP contribution is -2.01. The molecule has 0 aliphatic heterocycles. The maximum Gasteiger partial charge on any atom is 0.145 e. The van der Waals surface area contributed by atoms with Crippen LogP contribution in [-0.2, 0) is 0 Å². The summed E-state index contributed by atoms with van der Waals surface area (Å²) >= 11 is 0. The molecule has 1 heterocycles. The van der Waals surface area contributed by atoms with Crippen molar-refractivity contribution in [3.63, 3.8) is 0 Å². The van der Waals surface area contributed by atoms with Gasteiger partial charge < -0.3 is 5.32 Å². The quantitative estimate of drug-likeness (QED) is 0.825. The molecule has 0 unspecified atom stereocenters. The Hall–Kier alpha value is -3.26. The summed E-state index contributed by atoms with van der Waals surface area (Å²) in [5.74, 6) is -0.469. The van der Waals surface area contributed by atoms with Crippen molar-refractivity contribution in [2.45, 2.75) is 0 Å². The molecule has 0 spiro atoms. The van der Waals surface area contributed by atoms with Gasteiger partial charge in [-0.3, -0.25) is 0 Å². The average molecular weight is 255 g/mol. The number of nitriles is 2. The van der Waals surface area contributed by atoms with E-state index >= 15 is 0 Å². The van der Waals surface area contributed by atoms with E-state index in [4.69, 9.17) is 10.5 Å². The first-order valence-corrected chi connectivity index (χ1v) is 5.04. The number of halogens is 1. The Balaban J connectivity index is 2.40. The Morgan fingerprint density at radius 3 is 2.79 bits per heavy atom. The highest BCUT2D eigenvalue weighted by Crippen LogP contribution is 2.20. The number of hydrogen-bond donors (Lipinski definition) is 1. The molecule has 1 N–H and O–H groups in total. The molecule has 1 aromatic carbocycles. The van der Waals surface area contributed by atoms with Gasteiger partial charge in [-0.15, -0.1) is 5.10 Å². The predicted molar refractivity (Wildman–Crippen MR) is 62.0 cm³/mol. The van der Waals surface area contributed by atoms with E-state index in [0.717, 1.165) is 0 Å². The normalized spacial score (nSPS) is 9.21. The van der Waals surface area contributed by atoms with Crippen molar-refractivity contribution in [2.24, 2.45) is 0 Å². The van der Waals surface area contributed by atoms with E-state index in [1.807, 2.05) is 0 Å². The highest BCUT2D eigenvalue weighted by atomic mass is 19.1. The average Bonchev–Trinajstić information content (AvgIpc) is 2.94. The second-order valence-corrected chi connectivity index (χ2v) is 3.34. The third-order valence-corrected chi connectivity index (χ3v) is 2.17. The van der Waals surface area contributed by atoms with Crippen LogP contribution in [0.3, 0.4) is 0 Å². The van der Waals surface area contributed by atoms with Crippen LogP contribution in [-0.4, -0.2) is 20.2 Å². The molecule has 0 saturated carbocycles. The summed E-state index contributed by atoms with van der Waals surface area (Å²) in [7, 11) is 0. The van der Waals surface area contributed by atoms with Gasteiger partial charge in [0, 0.05) is 6.20 Å². The highest BCUT2D eigenvalue weighted by Gasteiger charge is 2.07. The molecule has 2 rings (SSSR count). The molecule has 0 saturated heterocycles. The zero-order valence-electron chi connectivity index (χ0n) is 9.45. The van der Waals surface area contributed by atoms with E-state index < -0.39 is 5.82 Å². The SMILES string of the molecule is N#CC(C#N)=CNc1cc(F)ccc1-n1cnnn1. The molecular weight excluding hydrogens is 249 g/mol. The van der Waals surface area contributed by atoms with Crippen LogP contribution in [0.2, 0.25) is 0 Å². The lowest BCUT2D eigenvalue weighted by atomic mass is 10.2. The zero-order chi connectivity index (χ0) is 13.7. The molecule has 1 aromatic heterocycles. The monoisotopic (exact) mass is 255 g/mol. The van der Waals surface area contributed by atoms with Gasteiger partial charge in [0.15, 0.2) is 0 Å². The molecular formula is C11H6FN7. The van der Waals surface area contributed by atoms with Crippen LogP contribution in [0, 0.1) is 28.5 Å². The van der Waals surface area contributed by atoms with E-state index in [1.54, 1.807) is 12.1 Å². The Labute approximate surface area is 107 Å². The molecule has 19 heavy (non-hydrogen) atoms. The molecule has 0 aliphatic rings. The molecule has 0 bridgehead atoms. The number of anilines is 1. The molecule has 0 amide bonds. The maximum atomic E-state index is 13.2. The minimum absolute atomic E-state index is 0.132. The molecule has 8 heteroatoms. The number of nitrogens with one attached hydrogen (secondary N) is 1. The van der Waals surface area contributed by atoms with Gasteiger partial charge in [0.1, 0.15) is 29.9 Å². The van der Waals surface area contributed by atoms with Crippen molar-refractivity contribution in [3.05, 3.63) is 42.1 Å². The van der Waals surface area contributed by atoms with Crippen LogP contribution in [0.15, 0.2) is 36.3 Å². The molecule has 0 aliphatic carbocycles. The van der Waals surface area contributed by atoms with Crippen LogP contribution in [0.25, 0.3) is 5.69 Å². The van der Waals surface area contributed by atoms with Gasteiger partial charge >= 0.3 is 0 Å². The second kappa shape index (κ2) is 5.38. The van der Waals surface area contributed by atoms with Gasteiger partial charge in [-0.25, -0.2) is 4.39 Å². The molecule has 7 nitrogen and oxygen atoms in total. The summed E-state index contributed by atoms with van der Waals surface area (Å²) in [4.78, 5) is 0. The van der Waals surface area contributed by atoms with Gasteiger partial charge in [0.05, 0.1) is 11.4 Å². The summed E-state index contributed by atoms with van der Waals surface area (Å²) in [5, 5.41) is 30.6. The van der Waals surface area contributed by atoms with Crippen molar-refractivity contribution in [3.8, 4) is 17.8 Å². The van der Waals surface area contributed by atoms with Crippen LogP contribution in [0.4, 0.5) is 10.1 Å². The lowest BCUT2D eigenvalue weighted by molar-refractivity contribution is 0.627.